The lowest BCUT2D eigenvalue weighted by Crippen LogP contribution is -2.35. The summed E-state index contributed by atoms with van der Waals surface area (Å²) in [5, 5.41) is 0.691. The second kappa shape index (κ2) is 8.71. The molecule has 9 heteroatoms. The van der Waals surface area contributed by atoms with E-state index in [4.69, 9.17) is 9.47 Å². The Morgan fingerprint density at radius 1 is 1.22 bits per heavy atom. The number of aromatic nitrogens is 1. The molecule has 1 aliphatic rings. The summed E-state index contributed by atoms with van der Waals surface area (Å²) < 4.78 is 48.9. The van der Waals surface area contributed by atoms with Crippen LogP contribution in [0.2, 0.25) is 0 Å². The van der Waals surface area contributed by atoms with Gasteiger partial charge in [0, 0.05) is 31.1 Å². The average Bonchev–Trinajstić information content (AvgIpc) is 2.67. The topological polar surface area (TPSA) is 80.8 Å². The van der Waals surface area contributed by atoms with Gasteiger partial charge in [0.1, 0.15) is 0 Å². The number of pyridine rings is 1. The second-order valence-electron chi connectivity index (χ2n) is 6.56. The van der Waals surface area contributed by atoms with Crippen LogP contribution in [0, 0.1) is 11.7 Å². The number of fused-ring (bicyclic) bond motifs is 1. The van der Waals surface area contributed by atoms with Gasteiger partial charge in [-0.3, -0.25) is 4.98 Å². The van der Waals surface area contributed by atoms with E-state index >= 15 is 0 Å². The molecule has 148 valence electrons. The molecule has 1 saturated heterocycles. The zero-order valence-electron chi connectivity index (χ0n) is 15.4. The van der Waals surface area contributed by atoms with Crippen molar-refractivity contribution in [3.63, 3.8) is 0 Å². The van der Waals surface area contributed by atoms with Crippen LogP contribution < -0.4 is 19.1 Å². The number of hydrogen-bond donors (Lipinski definition) is 2. The van der Waals surface area contributed by atoms with E-state index in [2.05, 4.69) is 9.71 Å². The first-order chi connectivity index (χ1) is 13.0. The van der Waals surface area contributed by atoms with Crippen LogP contribution in [0.1, 0.15) is 19.3 Å². The molecule has 0 radical (unpaired) electrons. The van der Waals surface area contributed by atoms with E-state index in [1.165, 1.54) is 6.20 Å². The summed E-state index contributed by atoms with van der Waals surface area (Å²) in [6.45, 7) is 1.87. The minimum absolute atomic E-state index is 0.363. The third-order valence-corrected chi connectivity index (χ3v) is 5.51. The number of piperidine rings is 1. The molecule has 7 nitrogen and oxygen atoms in total. The average molecular weight is 397 g/mol. The molecular formula is C18H24FN3O4S. The van der Waals surface area contributed by atoms with E-state index in [0.717, 1.165) is 19.3 Å². The third-order valence-electron chi connectivity index (χ3n) is 5.02. The first kappa shape index (κ1) is 19.6. The first-order valence-electron chi connectivity index (χ1n) is 8.86. The second-order valence-corrected chi connectivity index (χ2v) is 7.39. The maximum Gasteiger partial charge on any atom is 0.201 e. The number of benzene rings is 1. The molecule has 0 saturated carbocycles. The van der Waals surface area contributed by atoms with Gasteiger partial charge in [-0.25, -0.2) is 17.5 Å². The molecule has 3 rings (SSSR count). The molecule has 2 heterocycles. The van der Waals surface area contributed by atoms with Crippen molar-refractivity contribution in [1.29, 1.82) is 0 Å². The summed E-state index contributed by atoms with van der Waals surface area (Å²) in [5.41, 5.74) is 1.18. The highest BCUT2D eigenvalue weighted by molar-refractivity contribution is 7.70. The molecule has 1 fully saturated rings. The molecule has 1 aliphatic heterocycles. The summed E-state index contributed by atoms with van der Waals surface area (Å²) in [6.07, 6.45) is 3.80. The van der Waals surface area contributed by atoms with Gasteiger partial charge in [-0.2, -0.15) is 0 Å². The Labute approximate surface area is 159 Å². The molecule has 1 aromatic carbocycles. The van der Waals surface area contributed by atoms with Crippen LogP contribution in [0.5, 0.6) is 11.5 Å². The van der Waals surface area contributed by atoms with Gasteiger partial charge in [0.2, 0.25) is 10.9 Å². The van der Waals surface area contributed by atoms with Crippen molar-refractivity contribution in [2.45, 2.75) is 19.3 Å². The molecule has 27 heavy (non-hydrogen) atoms. The Balaban J connectivity index is 1.81. The lowest BCUT2D eigenvalue weighted by Gasteiger charge is -2.34. The number of hydrogen-bond acceptors (Lipinski definition) is 6. The zero-order chi connectivity index (χ0) is 19.4. The van der Waals surface area contributed by atoms with Crippen LogP contribution in [-0.2, 0) is 10.9 Å². The number of nitrogens with one attached hydrogen (secondary N) is 1. The van der Waals surface area contributed by atoms with Crippen molar-refractivity contribution < 1.29 is 22.3 Å². The van der Waals surface area contributed by atoms with E-state index in [1.54, 1.807) is 26.4 Å². The molecule has 0 aliphatic carbocycles. The smallest absolute Gasteiger partial charge is 0.201 e. The third kappa shape index (κ3) is 4.41. The molecule has 2 aromatic rings. The van der Waals surface area contributed by atoms with Crippen LogP contribution in [0.25, 0.3) is 10.9 Å². The van der Waals surface area contributed by atoms with Gasteiger partial charge in [0.25, 0.3) is 0 Å². The summed E-state index contributed by atoms with van der Waals surface area (Å²) in [7, 11) is 0.555. The fourth-order valence-electron chi connectivity index (χ4n) is 3.61. The quantitative estimate of drug-likeness (QED) is 0.697. The molecule has 1 N–H and O–H groups in total. The molecule has 0 spiro atoms. The van der Waals surface area contributed by atoms with Crippen molar-refractivity contribution in [2.24, 2.45) is 5.92 Å². The van der Waals surface area contributed by atoms with Crippen molar-refractivity contribution in [3.8, 4) is 11.5 Å². The molecule has 0 amide bonds. The van der Waals surface area contributed by atoms with Gasteiger partial charge in [-0.15, -0.1) is 0 Å². The summed E-state index contributed by atoms with van der Waals surface area (Å²) in [5.74, 6) is 1.15. The number of anilines is 1. The molecular weight excluding hydrogens is 373 g/mol. The minimum Gasteiger partial charge on any atom is -0.493 e. The predicted molar refractivity (Wildman–Crippen MR) is 103 cm³/mol. The van der Waals surface area contributed by atoms with Gasteiger partial charge in [0.05, 0.1) is 31.6 Å². The summed E-state index contributed by atoms with van der Waals surface area (Å²) >= 11 is 0. The lowest BCUT2D eigenvalue weighted by molar-refractivity contribution is 0.355. The Morgan fingerprint density at radius 3 is 2.52 bits per heavy atom. The molecule has 0 atom stereocenters. The van der Waals surface area contributed by atoms with Gasteiger partial charge >= 0.3 is 0 Å². The Kier molecular flexibility index (Phi) is 6.33. The highest BCUT2D eigenvalue weighted by Crippen LogP contribution is 2.38. The number of thiol groups is 1. The number of halogens is 1. The van der Waals surface area contributed by atoms with Crippen LogP contribution in [0.15, 0.2) is 18.3 Å². The van der Waals surface area contributed by atoms with Crippen LogP contribution >= 0.6 is 0 Å². The number of rotatable bonds is 7. The highest BCUT2D eigenvalue weighted by Gasteiger charge is 2.24. The minimum atomic E-state index is -2.54. The maximum absolute atomic E-state index is 14.7. The first-order valence-corrected chi connectivity index (χ1v) is 10.0. The summed E-state index contributed by atoms with van der Waals surface area (Å²) in [4.78, 5) is 6.22. The van der Waals surface area contributed by atoms with Gasteiger partial charge in [-0.1, -0.05) is 0 Å². The van der Waals surface area contributed by atoms with Gasteiger partial charge in [-0.05, 0) is 31.2 Å². The molecule has 1 aromatic heterocycles. The zero-order valence-corrected chi connectivity index (χ0v) is 16.3. The number of nitrogens with zero attached hydrogens (tertiary/aromatic N) is 2. The van der Waals surface area contributed by atoms with Crippen LogP contribution in [-0.4, -0.2) is 47.3 Å². The fraction of sp³-hybridized carbons (Fsp3) is 0.500. The Morgan fingerprint density at radius 2 is 1.89 bits per heavy atom. The van der Waals surface area contributed by atoms with Crippen LogP contribution in [0.3, 0.4) is 0 Å². The van der Waals surface area contributed by atoms with E-state index in [9.17, 15) is 12.8 Å². The van der Waals surface area contributed by atoms with Crippen molar-refractivity contribution in [3.05, 3.63) is 24.1 Å². The van der Waals surface area contributed by atoms with Gasteiger partial charge in [0.15, 0.2) is 17.3 Å². The SMILES string of the molecule is COc1cc2ncc(F)c(N3CCC(CCN[SH](=O)=O)CC3)c2cc1OC. The highest BCUT2D eigenvalue weighted by atomic mass is 32.2. The molecule has 0 bridgehead atoms. The fourth-order valence-corrected chi connectivity index (χ4v) is 3.92. The van der Waals surface area contributed by atoms with Crippen LogP contribution in [0.4, 0.5) is 10.1 Å². The monoisotopic (exact) mass is 397 g/mol. The standard InChI is InChI=1S/C18H24FN3O4S/c1-25-16-9-13-15(10-17(16)26-2)20-11-14(19)18(13)22-7-4-12(5-8-22)3-6-21-27(23)24/h9-12,27H,3-8H2,1-2H3,(H,21,23,24). The van der Waals surface area contributed by atoms with E-state index in [-0.39, 0.29) is 5.82 Å². The Bertz CT molecular complexity index is 875. The predicted octanol–water partition coefficient (Wildman–Crippen LogP) is 2.11. The lowest BCUT2D eigenvalue weighted by atomic mass is 9.93. The van der Waals surface area contributed by atoms with Gasteiger partial charge < -0.3 is 14.4 Å². The number of methoxy groups -OCH3 is 2. The largest absolute Gasteiger partial charge is 0.493 e. The van der Waals surface area contributed by atoms with Crippen molar-refractivity contribution >= 4 is 27.5 Å². The number of ether oxygens (including phenoxy) is 2. The van der Waals surface area contributed by atoms with E-state index in [1.807, 2.05) is 4.90 Å². The van der Waals surface area contributed by atoms with E-state index in [0.29, 0.717) is 53.6 Å². The van der Waals surface area contributed by atoms with Crippen molar-refractivity contribution in [1.82, 2.24) is 9.71 Å². The normalized spacial score (nSPS) is 15.5. The molecule has 0 unspecified atom stereocenters. The van der Waals surface area contributed by atoms with Crippen molar-refractivity contribution in [2.75, 3.05) is 38.8 Å². The summed E-state index contributed by atoms with van der Waals surface area (Å²) in [6, 6.07) is 3.51. The maximum atomic E-state index is 14.7. The Hall–Kier alpha value is -2.13. The van der Waals surface area contributed by atoms with E-state index < -0.39 is 10.9 Å².